The smallest absolute Gasteiger partial charge is 0.352 e. The van der Waals surface area contributed by atoms with Gasteiger partial charge in [0.05, 0.1) is 5.02 Å². The number of carboxylic acid groups (broad SMARTS) is 1. The number of aromatic nitrogens is 1. The molecule has 0 bridgehead atoms. The number of nitrogens with zero attached hydrogens (tertiary/aromatic N) is 1. The van der Waals surface area contributed by atoms with E-state index in [4.69, 9.17) is 23.2 Å². The Morgan fingerprint density at radius 3 is 2.52 bits per heavy atom. The van der Waals surface area contributed by atoms with Gasteiger partial charge in [0.1, 0.15) is 5.69 Å². The minimum atomic E-state index is -1.10. The highest BCUT2D eigenvalue weighted by molar-refractivity contribution is 6.40. The number of H-pyrrole nitrogens is 1. The van der Waals surface area contributed by atoms with Crippen molar-refractivity contribution >= 4 is 57.2 Å². The predicted octanol–water partition coefficient (Wildman–Crippen LogP) is 4.60. The molecule has 0 spiro atoms. The molecule has 2 N–H and O–H groups in total. The largest absolute Gasteiger partial charge is 0.477 e. The summed E-state index contributed by atoms with van der Waals surface area (Å²) in [7, 11) is 0. The zero-order chi connectivity index (χ0) is 18.9. The molecular weight excluding hydrogens is 387 g/mol. The fourth-order valence-electron chi connectivity index (χ4n) is 3.94. The Kier molecular flexibility index (Phi) is 3.41. The number of hydrogen-bond donors (Lipinski definition) is 2. The highest BCUT2D eigenvalue weighted by Crippen LogP contribution is 2.56. The highest BCUT2D eigenvalue weighted by atomic mass is 35.5. The van der Waals surface area contributed by atoms with Gasteiger partial charge in [-0.05, 0) is 29.8 Å². The van der Waals surface area contributed by atoms with Gasteiger partial charge >= 0.3 is 5.97 Å². The van der Waals surface area contributed by atoms with Gasteiger partial charge in [-0.25, -0.2) is 4.79 Å². The Bertz CT molecular complexity index is 1180. The van der Waals surface area contributed by atoms with Crippen LogP contribution in [0.15, 0.2) is 48.0 Å². The molecule has 1 aliphatic carbocycles. The fourth-order valence-corrected chi connectivity index (χ4v) is 4.53. The van der Waals surface area contributed by atoms with Gasteiger partial charge < -0.3 is 15.0 Å². The first-order chi connectivity index (χ1) is 13.0. The standard InChI is InChI=1S/C20H12Cl2N2O3/c21-9-6-12(22)16-13(7-9)23-18(20(26)27)17(16)14-11-8-24(19(25)15(11)14)10-4-2-1-3-5-10/h1-7,11,23H,8H2,(H,26,27). The van der Waals surface area contributed by atoms with Crippen molar-refractivity contribution in [3.63, 3.8) is 0 Å². The fraction of sp³-hybridized carbons (Fsp3) is 0.100. The van der Waals surface area contributed by atoms with Gasteiger partial charge in [0, 0.05) is 45.2 Å². The summed E-state index contributed by atoms with van der Waals surface area (Å²) in [4.78, 5) is 29.3. The Morgan fingerprint density at radius 2 is 1.89 bits per heavy atom. The van der Waals surface area contributed by atoms with Crippen LogP contribution in [0.25, 0.3) is 16.5 Å². The molecule has 5 rings (SSSR count). The lowest BCUT2D eigenvalue weighted by Crippen LogP contribution is -2.26. The topological polar surface area (TPSA) is 73.4 Å². The summed E-state index contributed by atoms with van der Waals surface area (Å²) in [5, 5.41) is 11.0. The van der Waals surface area contributed by atoms with Crippen molar-refractivity contribution in [1.29, 1.82) is 0 Å². The minimum absolute atomic E-state index is 0.0325. The lowest BCUT2D eigenvalue weighted by atomic mass is 10.0. The zero-order valence-electron chi connectivity index (χ0n) is 13.8. The molecule has 0 saturated carbocycles. The number of anilines is 1. The lowest BCUT2D eigenvalue weighted by Gasteiger charge is -2.17. The van der Waals surface area contributed by atoms with Crippen molar-refractivity contribution in [2.24, 2.45) is 5.92 Å². The number of fused-ring (bicyclic) bond motifs is 2. The van der Waals surface area contributed by atoms with Crippen LogP contribution >= 0.6 is 23.2 Å². The molecule has 5 nitrogen and oxygen atoms in total. The molecule has 2 heterocycles. The SMILES string of the molecule is O=C(O)c1[nH]c2cc(Cl)cc(Cl)c2c1C1=C2C(=O)N(c3ccccc3)CC21. The van der Waals surface area contributed by atoms with Crippen molar-refractivity contribution in [3.8, 4) is 0 Å². The van der Waals surface area contributed by atoms with E-state index < -0.39 is 5.97 Å². The second-order valence-corrected chi connectivity index (χ2v) is 7.47. The van der Waals surface area contributed by atoms with Crippen molar-refractivity contribution in [2.45, 2.75) is 0 Å². The number of rotatable bonds is 3. The molecule has 1 atom stereocenters. The van der Waals surface area contributed by atoms with Crippen LogP contribution in [-0.4, -0.2) is 28.5 Å². The van der Waals surface area contributed by atoms with E-state index in [9.17, 15) is 14.7 Å². The van der Waals surface area contributed by atoms with Crippen LogP contribution in [0.3, 0.4) is 0 Å². The van der Waals surface area contributed by atoms with Gasteiger partial charge in [-0.15, -0.1) is 0 Å². The number of nitrogens with one attached hydrogen (secondary N) is 1. The van der Waals surface area contributed by atoms with Crippen molar-refractivity contribution in [2.75, 3.05) is 11.4 Å². The maximum absolute atomic E-state index is 12.9. The number of aromatic amines is 1. The number of carboxylic acids is 1. The summed E-state index contributed by atoms with van der Waals surface area (Å²) >= 11 is 12.4. The molecule has 1 saturated heterocycles. The van der Waals surface area contributed by atoms with Crippen LogP contribution in [-0.2, 0) is 4.79 Å². The summed E-state index contributed by atoms with van der Waals surface area (Å²) in [6.45, 7) is 0.504. The summed E-state index contributed by atoms with van der Waals surface area (Å²) in [5.41, 5.74) is 3.34. The normalized spacial score (nSPS) is 18.4. The summed E-state index contributed by atoms with van der Waals surface area (Å²) in [6, 6.07) is 12.6. The number of carbonyl (C=O) groups excluding carboxylic acids is 1. The van der Waals surface area contributed by atoms with Gasteiger partial charge in [-0.3, -0.25) is 4.79 Å². The van der Waals surface area contributed by atoms with E-state index in [0.29, 0.717) is 38.6 Å². The van der Waals surface area contributed by atoms with E-state index in [-0.39, 0.29) is 17.5 Å². The molecule has 1 aromatic heterocycles. The van der Waals surface area contributed by atoms with Crippen molar-refractivity contribution in [1.82, 2.24) is 4.98 Å². The first-order valence-corrected chi connectivity index (χ1v) is 9.08. The second kappa shape index (κ2) is 5.62. The molecule has 1 unspecified atom stereocenters. The monoisotopic (exact) mass is 398 g/mol. The third-order valence-corrected chi connectivity index (χ3v) is 5.63. The molecule has 1 amide bonds. The molecular formula is C20H12Cl2N2O3. The maximum Gasteiger partial charge on any atom is 0.352 e. The van der Waals surface area contributed by atoms with Crippen LogP contribution in [0.1, 0.15) is 16.1 Å². The molecule has 0 radical (unpaired) electrons. The Labute approximate surface area is 163 Å². The number of hydrogen-bond acceptors (Lipinski definition) is 2. The highest BCUT2D eigenvalue weighted by Gasteiger charge is 2.52. The predicted molar refractivity (Wildman–Crippen MR) is 104 cm³/mol. The Balaban J connectivity index is 1.65. The number of carbonyl (C=O) groups is 2. The van der Waals surface area contributed by atoms with E-state index in [1.54, 1.807) is 17.0 Å². The molecule has 27 heavy (non-hydrogen) atoms. The number of halogens is 2. The van der Waals surface area contributed by atoms with Gasteiger partial charge in [0.15, 0.2) is 0 Å². The average molecular weight is 399 g/mol. The molecule has 134 valence electrons. The van der Waals surface area contributed by atoms with Gasteiger partial charge in [-0.1, -0.05) is 41.4 Å². The summed E-state index contributed by atoms with van der Waals surface area (Å²) < 4.78 is 0. The Morgan fingerprint density at radius 1 is 1.15 bits per heavy atom. The first kappa shape index (κ1) is 16.4. The van der Waals surface area contributed by atoms with E-state index in [2.05, 4.69) is 4.98 Å². The quantitative estimate of drug-likeness (QED) is 0.676. The maximum atomic E-state index is 12.9. The number of benzene rings is 2. The number of para-hydroxylation sites is 1. The van der Waals surface area contributed by atoms with Crippen LogP contribution in [0.2, 0.25) is 10.0 Å². The number of aromatic carboxylic acids is 1. The van der Waals surface area contributed by atoms with E-state index in [1.165, 1.54) is 0 Å². The molecule has 1 aliphatic heterocycles. The minimum Gasteiger partial charge on any atom is -0.477 e. The van der Waals surface area contributed by atoms with Gasteiger partial charge in [0.25, 0.3) is 5.91 Å². The van der Waals surface area contributed by atoms with Crippen molar-refractivity contribution in [3.05, 3.63) is 69.3 Å². The number of amides is 1. The van der Waals surface area contributed by atoms with E-state index >= 15 is 0 Å². The van der Waals surface area contributed by atoms with Gasteiger partial charge in [0.2, 0.25) is 0 Å². The third kappa shape index (κ3) is 2.32. The third-order valence-electron chi connectivity index (χ3n) is 5.11. The van der Waals surface area contributed by atoms with E-state index in [1.807, 2.05) is 30.3 Å². The summed E-state index contributed by atoms with van der Waals surface area (Å²) in [6.07, 6.45) is 0. The van der Waals surface area contributed by atoms with Gasteiger partial charge in [-0.2, -0.15) is 0 Å². The molecule has 2 aliphatic rings. The van der Waals surface area contributed by atoms with Crippen LogP contribution in [0.4, 0.5) is 5.69 Å². The summed E-state index contributed by atoms with van der Waals surface area (Å²) in [5.74, 6) is -1.27. The van der Waals surface area contributed by atoms with E-state index in [0.717, 1.165) is 11.3 Å². The first-order valence-electron chi connectivity index (χ1n) is 8.32. The molecule has 7 heteroatoms. The lowest BCUT2D eigenvalue weighted by molar-refractivity contribution is -0.113. The molecule has 2 aromatic carbocycles. The van der Waals surface area contributed by atoms with Crippen LogP contribution in [0.5, 0.6) is 0 Å². The van der Waals surface area contributed by atoms with Crippen LogP contribution < -0.4 is 4.90 Å². The Hall–Kier alpha value is -2.76. The average Bonchev–Trinajstić information content (AvgIpc) is 3.02. The zero-order valence-corrected chi connectivity index (χ0v) is 15.3. The second-order valence-electron chi connectivity index (χ2n) is 6.62. The van der Waals surface area contributed by atoms with Crippen molar-refractivity contribution < 1.29 is 14.7 Å². The molecule has 3 aromatic rings. The van der Waals surface area contributed by atoms with Crippen LogP contribution in [0, 0.1) is 5.92 Å². The molecule has 1 fully saturated rings.